The van der Waals surface area contributed by atoms with Gasteiger partial charge in [-0.3, -0.25) is 0 Å². The number of rotatable bonds is 3. The molecule has 132 valence electrons. The van der Waals surface area contributed by atoms with Crippen molar-refractivity contribution in [3.05, 3.63) is 56.7 Å². The summed E-state index contributed by atoms with van der Waals surface area (Å²) in [6.07, 6.45) is 0. The molecule has 0 aromatic heterocycles. The minimum Gasteiger partial charge on any atom is -0.463 e. The zero-order valence-electron chi connectivity index (χ0n) is 15.6. The minimum atomic E-state index is -0.587. The van der Waals surface area contributed by atoms with Crippen molar-refractivity contribution in [3.8, 4) is 6.07 Å². The topological polar surface area (TPSA) is 85.3 Å². The number of benzene rings is 1. The SMILES string of the molecule is CCOC(=O)C1=C(C)OC(N)=C(C#N)C1c1c(C)c(C)cc(C)c1C. The maximum atomic E-state index is 12.6. The molecule has 25 heavy (non-hydrogen) atoms. The van der Waals surface area contributed by atoms with Crippen molar-refractivity contribution < 1.29 is 14.3 Å². The highest BCUT2D eigenvalue weighted by Gasteiger charge is 2.38. The number of hydrogen-bond donors (Lipinski definition) is 1. The van der Waals surface area contributed by atoms with E-state index in [4.69, 9.17) is 15.2 Å². The molecule has 0 fully saturated rings. The Morgan fingerprint density at radius 2 is 1.80 bits per heavy atom. The van der Waals surface area contributed by atoms with Crippen molar-refractivity contribution in [1.82, 2.24) is 0 Å². The van der Waals surface area contributed by atoms with E-state index in [1.54, 1.807) is 13.8 Å². The number of carbonyl (C=O) groups is 1. The number of nitriles is 1. The lowest BCUT2D eigenvalue weighted by Gasteiger charge is -2.30. The van der Waals surface area contributed by atoms with E-state index in [2.05, 4.69) is 12.1 Å². The van der Waals surface area contributed by atoms with E-state index in [1.807, 2.05) is 27.7 Å². The lowest BCUT2D eigenvalue weighted by Crippen LogP contribution is -2.26. The van der Waals surface area contributed by atoms with Crippen molar-refractivity contribution in [3.63, 3.8) is 0 Å². The molecule has 1 aliphatic heterocycles. The van der Waals surface area contributed by atoms with Crippen LogP contribution >= 0.6 is 0 Å². The van der Waals surface area contributed by atoms with Gasteiger partial charge >= 0.3 is 5.97 Å². The highest BCUT2D eigenvalue weighted by Crippen LogP contribution is 2.43. The highest BCUT2D eigenvalue weighted by molar-refractivity contribution is 5.93. The van der Waals surface area contributed by atoms with E-state index in [1.165, 1.54) is 0 Å². The Balaban J connectivity index is 2.83. The summed E-state index contributed by atoms with van der Waals surface area (Å²) in [5, 5.41) is 9.69. The Morgan fingerprint density at radius 1 is 1.24 bits per heavy atom. The first-order valence-corrected chi connectivity index (χ1v) is 8.27. The summed E-state index contributed by atoms with van der Waals surface area (Å²) in [7, 11) is 0. The fourth-order valence-corrected chi connectivity index (χ4v) is 3.32. The van der Waals surface area contributed by atoms with Gasteiger partial charge in [0, 0.05) is 0 Å². The Morgan fingerprint density at radius 3 is 2.28 bits per heavy atom. The number of nitrogens with two attached hydrogens (primary N) is 1. The van der Waals surface area contributed by atoms with E-state index in [0.717, 1.165) is 27.8 Å². The number of hydrogen-bond acceptors (Lipinski definition) is 5. The van der Waals surface area contributed by atoms with Crippen LogP contribution in [0.5, 0.6) is 0 Å². The lowest BCUT2D eigenvalue weighted by molar-refractivity contribution is -0.139. The van der Waals surface area contributed by atoms with E-state index in [-0.39, 0.29) is 18.1 Å². The molecule has 1 heterocycles. The second-order valence-corrected chi connectivity index (χ2v) is 6.29. The molecule has 0 saturated carbocycles. The lowest BCUT2D eigenvalue weighted by atomic mass is 9.77. The molecule has 5 heteroatoms. The van der Waals surface area contributed by atoms with Gasteiger partial charge in [-0.2, -0.15) is 5.26 Å². The van der Waals surface area contributed by atoms with E-state index >= 15 is 0 Å². The number of allylic oxidation sites excluding steroid dienone is 2. The first-order chi connectivity index (χ1) is 11.7. The Hall–Kier alpha value is -2.74. The van der Waals surface area contributed by atoms with E-state index in [0.29, 0.717) is 11.3 Å². The fourth-order valence-electron chi connectivity index (χ4n) is 3.32. The largest absolute Gasteiger partial charge is 0.463 e. The Bertz CT molecular complexity index is 815. The summed E-state index contributed by atoms with van der Waals surface area (Å²) < 4.78 is 10.7. The van der Waals surface area contributed by atoms with Crippen molar-refractivity contribution in [2.24, 2.45) is 5.73 Å². The van der Waals surface area contributed by atoms with Crippen LogP contribution in [0.15, 0.2) is 28.9 Å². The van der Waals surface area contributed by atoms with Crippen LogP contribution in [0.2, 0.25) is 0 Å². The van der Waals surface area contributed by atoms with E-state index < -0.39 is 11.9 Å². The van der Waals surface area contributed by atoms with Gasteiger partial charge in [-0.15, -0.1) is 0 Å². The first kappa shape index (κ1) is 18.6. The summed E-state index contributed by atoms with van der Waals surface area (Å²) in [6, 6.07) is 4.24. The molecular weight excluding hydrogens is 316 g/mol. The zero-order chi connectivity index (χ0) is 18.9. The van der Waals surface area contributed by atoms with Gasteiger partial charge in [0.1, 0.15) is 17.4 Å². The number of esters is 1. The van der Waals surface area contributed by atoms with Crippen LogP contribution in [-0.4, -0.2) is 12.6 Å². The molecule has 1 aromatic carbocycles. The molecule has 0 spiro atoms. The molecule has 2 N–H and O–H groups in total. The molecule has 0 radical (unpaired) electrons. The van der Waals surface area contributed by atoms with Gasteiger partial charge in [-0.1, -0.05) is 6.07 Å². The van der Waals surface area contributed by atoms with Gasteiger partial charge < -0.3 is 15.2 Å². The van der Waals surface area contributed by atoms with Gasteiger partial charge in [-0.25, -0.2) is 4.79 Å². The number of nitrogens with zero attached hydrogens (tertiary/aromatic N) is 1. The second kappa shape index (κ2) is 7.02. The fraction of sp³-hybridized carbons (Fsp3) is 0.400. The quantitative estimate of drug-likeness (QED) is 0.850. The molecule has 0 bridgehead atoms. The van der Waals surface area contributed by atoms with Crippen molar-refractivity contribution >= 4 is 5.97 Å². The predicted molar refractivity (Wildman–Crippen MR) is 95.4 cm³/mol. The normalized spacial score (nSPS) is 17.2. The molecule has 0 aliphatic carbocycles. The third-order valence-electron chi connectivity index (χ3n) is 4.81. The van der Waals surface area contributed by atoms with Crippen molar-refractivity contribution in [2.45, 2.75) is 47.5 Å². The van der Waals surface area contributed by atoms with Gasteiger partial charge in [0.2, 0.25) is 5.88 Å². The van der Waals surface area contributed by atoms with Crippen LogP contribution in [0.4, 0.5) is 0 Å². The van der Waals surface area contributed by atoms with Crippen molar-refractivity contribution in [1.29, 1.82) is 5.26 Å². The number of carbonyl (C=O) groups excluding carboxylic acids is 1. The molecular formula is C20H24N2O3. The first-order valence-electron chi connectivity index (χ1n) is 8.27. The maximum absolute atomic E-state index is 12.6. The second-order valence-electron chi connectivity index (χ2n) is 6.29. The summed E-state index contributed by atoms with van der Waals surface area (Å²) >= 11 is 0. The molecule has 1 unspecified atom stereocenters. The summed E-state index contributed by atoms with van der Waals surface area (Å²) in [5.41, 5.74) is 11.7. The van der Waals surface area contributed by atoms with Crippen LogP contribution in [0, 0.1) is 39.0 Å². The minimum absolute atomic E-state index is 0.0380. The summed E-state index contributed by atoms with van der Waals surface area (Å²) in [6.45, 7) is 11.7. The highest BCUT2D eigenvalue weighted by atomic mass is 16.5. The smallest absolute Gasteiger partial charge is 0.338 e. The average Bonchev–Trinajstić information content (AvgIpc) is 2.53. The molecule has 0 amide bonds. The molecule has 1 aliphatic rings. The van der Waals surface area contributed by atoms with Gasteiger partial charge in [0.25, 0.3) is 0 Å². The molecule has 0 saturated heterocycles. The van der Waals surface area contributed by atoms with Gasteiger partial charge in [0.05, 0.1) is 18.1 Å². The molecule has 1 aromatic rings. The monoisotopic (exact) mass is 340 g/mol. The van der Waals surface area contributed by atoms with Crippen molar-refractivity contribution in [2.75, 3.05) is 6.61 Å². The van der Waals surface area contributed by atoms with Crippen LogP contribution in [-0.2, 0) is 14.3 Å². The average molecular weight is 340 g/mol. The number of ether oxygens (including phenoxy) is 2. The third-order valence-corrected chi connectivity index (χ3v) is 4.81. The molecule has 2 rings (SSSR count). The van der Waals surface area contributed by atoms with E-state index in [9.17, 15) is 10.1 Å². The summed E-state index contributed by atoms with van der Waals surface area (Å²) in [4.78, 5) is 12.6. The van der Waals surface area contributed by atoms with Crippen LogP contribution in [0.1, 0.15) is 47.6 Å². The Labute approximate surface area is 148 Å². The number of aryl methyl sites for hydroxylation is 2. The van der Waals surface area contributed by atoms with Crippen LogP contribution in [0.25, 0.3) is 0 Å². The van der Waals surface area contributed by atoms with Crippen LogP contribution < -0.4 is 5.73 Å². The zero-order valence-corrected chi connectivity index (χ0v) is 15.6. The molecule has 1 atom stereocenters. The Kier molecular flexibility index (Phi) is 5.22. The predicted octanol–water partition coefficient (Wildman–Crippen LogP) is 3.57. The van der Waals surface area contributed by atoms with Gasteiger partial charge in [0.15, 0.2) is 0 Å². The standard InChI is InChI=1S/C20H24N2O3/c1-7-24-20(23)17-14(6)25-19(22)15(9-21)18(17)16-12(4)10(2)8-11(3)13(16)5/h8,18H,7,22H2,1-6H3. The van der Waals surface area contributed by atoms with Crippen LogP contribution in [0.3, 0.4) is 0 Å². The van der Waals surface area contributed by atoms with Gasteiger partial charge in [-0.05, 0) is 69.4 Å². The summed E-state index contributed by atoms with van der Waals surface area (Å²) in [5.74, 6) is -0.659. The third kappa shape index (κ3) is 3.12. The maximum Gasteiger partial charge on any atom is 0.338 e. The molecule has 5 nitrogen and oxygen atoms in total.